The van der Waals surface area contributed by atoms with Crippen LogP contribution in [0.25, 0.3) is 11.0 Å². The molecule has 0 fully saturated rings. The summed E-state index contributed by atoms with van der Waals surface area (Å²) >= 11 is 0. The summed E-state index contributed by atoms with van der Waals surface area (Å²) in [6.07, 6.45) is 0.653. The van der Waals surface area contributed by atoms with Crippen molar-refractivity contribution in [2.75, 3.05) is 20.8 Å². The Labute approximate surface area is 169 Å². The van der Waals surface area contributed by atoms with Crippen LogP contribution in [0, 0.1) is 0 Å². The van der Waals surface area contributed by atoms with Crippen LogP contribution in [-0.2, 0) is 20.7 Å². The molecule has 0 aliphatic carbocycles. The molecule has 3 aromatic rings. The van der Waals surface area contributed by atoms with Gasteiger partial charge in [-0.1, -0.05) is 42.4 Å². The average Bonchev–Trinajstić information content (AvgIpc) is 3.15. The molecule has 0 aliphatic heterocycles. The van der Waals surface area contributed by atoms with Gasteiger partial charge in [0.25, 0.3) is 0 Å². The highest BCUT2D eigenvalue weighted by atomic mass is 16.5. The molecular weight excluding hydrogens is 372 g/mol. The zero-order chi connectivity index (χ0) is 20.8. The molecule has 0 N–H and O–H groups in total. The molecule has 0 bridgehead atoms. The lowest BCUT2D eigenvalue weighted by Crippen LogP contribution is -2.40. The van der Waals surface area contributed by atoms with E-state index in [0.29, 0.717) is 28.8 Å². The fourth-order valence-corrected chi connectivity index (χ4v) is 3.35. The number of carbonyl (C=O) groups excluding carboxylic acids is 2. The monoisotopic (exact) mass is 396 g/mol. The Bertz CT molecular complexity index is 983. The van der Waals surface area contributed by atoms with Crippen molar-refractivity contribution in [2.24, 2.45) is 0 Å². The van der Waals surface area contributed by atoms with Gasteiger partial charge in [-0.15, -0.1) is 0 Å². The summed E-state index contributed by atoms with van der Waals surface area (Å²) in [5.74, 6) is -0.0555. The zero-order valence-corrected chi connectivity index (χ0v) is 16.8. The van der Waals surface area contributed by atoms with Gasteiger partial charge in [-0.2, -0.15) is 0 Å². The average molecular weight is 396 g/mol. The number of hydrogen-bond acceptors (Lipinski definition) is 6. The van der Waals surface area contributed by atoms with Gasteiger partial charge >= 0.3 is 5.97 Å². The molecule has 2 aromatic carbocycles. The van der Waals surface area contributed by atoms with E-state index < -0.39 is 5.97 Å². The van der Waals surface area contributed by atoms with Gasteiger partial charge in [-0.3, -0.25) is 9.59 Å². The maximum absolute atomic E-state index is 13.2. The van der Waals surface area contributed by atoms with Crippen molar-refractivity contribution in [1.82, 2.24) is 10.1 Å². The highest BCUT2D eigenvalue weighted by molar-refractivity contribution is 5.89. The summed E-state index contributed by atoms with van der Waals surface area (Å²) in [4.78, 5) is 26.8. The lowest BCUT2D eigenvalue weighted by Gasteiger charge is -2.30. The van der Waals surface area contributed by atoms with Crippen molar-refractivity contribution in [3.8, 4) is 5.75 Å². The third-order valence-corrected chi connectivity index (χ3v) is 4.87. The largest absolute Gasteiger partial charge is 0.497 e. The van der Waals surface area contributed by atoms with Crippen LogP contribution in [0.5, 0.6) is 5.75 Å². The molecule has 1 amide bonds. The fourth-order valence-electron chi connectivity index (χ4n) is 3.35. The SMILES string of the molecule is CCC(c1ccccc1)N(CC(=O)OC)C(=O)Cc1noc2ccc(OC)cc12. The van der Waals surface area contributed by atoms with E-state index in [1.807, 2.05) is 37.3 Å². The van der Waals surface area contributed by atoms with E-state index in [4.69, 9.17) is 14.0 Å². The van der Waals surface area contributed by atoms with Gasteiger partial charge < -0.3 is 18.9 Å². The highest BCUT2D eigenvalue weighted by Crippen LogP contribution is 2.27. The molecule has 0 saturated carbocycles. The van der Waals surface area contributed by atoms with E-state index in [-0.39, 0.29) is 24.9 Å². The number of carbonyl (C=O) groups is 2. The first-order valence-corrected chi connectivity index (χ1v) is 9.40. The van der Waals surface area contributed by atoms with Crippen LogP contribution in [0.3, 0.4) is 0 Å². The van der Waals surface area contributed by atoms with Crippen molar-refractivity contribution < 1.29 is 23.6 Å². The highest BCUT2D eigenvalue weighted by Gasteiger charge is 2.27. The Morgan fingerprint density at radius 3 is 2.55 bits per heavy atom. The summed E-state index contributed by atoms with van der Waals surface area (Å²) in [5.41, 5.74) is 2.03. The molecule has 1 aromatic heterocycles. The van der Waals surface area contributed by atoms with Crippen molar-refractivity contribution in [1.29, 1.82) is 0 Å². The molecule has 0 saturated heterocycles. The van der Waals surface area contributed by atoms with E-state index in [0.717, 1.165) is 5.56 Å². The van der Waals surface area contributed by atoms with Crippen LogP contribution in [0.4, 0.5) is 0 Å². The minimum Gasteiger partial charge on any atom is -0.497 e. The van der Waals surface area contributed by atoms with E-state index in [9.17, 15) is 9.59 Å². The molecule has 0 radical (unpaired) electrons. The van der Waals surface area contributed by atoms with Crippen molar-refractivity contribution in [2.45, 2.75) is 25.8 Å². The molecule has 7 heteroatoms. The van der Waals surface area contributed by atoms with Crippen molar-refractivity contribution in [3.05, 3.63) is 59.8 Å². The number of hydrogen-bond donors (Lipinski definition) is 0. The minimum atomic E-state index is -0.473. The second-order valence-electron chi connectivity index (χ2n) is 6.60. The number of benzene rings is 2. The molecule has 152 valence electrons. The van der Waals surface area contributed by atoms with Gasteiger partial charge in [0.2, 0.25) is 5.91 Å². The van der Waals surface area contributed by atoms with Gasteiger partial charge in [0.1, 0.15) is 18.0 Å². The van der Waals surface area contributed by atoms with Crippen LogP contribution in [0.15, 0.2) is 53.1 Å². The quantitative estimate of drug-likeness (QED) is 0.542. The third-order valence-electron chi connectivity index (χ3n) is 4.87. The number of aromatic nitrogens is 1. The van der Waals surface area contributed by atoms with E-state index in [1.54, 1.807) is 30.2 Å². The molecule has 1 heterocycles. The predicted molar refractivity (Wildman–Crippen MR) is 107 cm³/mol. The van der Waals surface area contributed by atoms with Gasteiger partial charge in [-0.25, -0.2) is 0 Å². The maximum atomic E-state index is 13.2. The van der Waals surface area contributed by atoms with E-state index in [2.05, 4.69) is 5.16 Å². The molecular formula is C22H24N2O5. The standard InChI is InChI=1S/C22H24N2O5/c1-4-19(15-8-6-5-7-9-15)24(14-22(26)28-3)21(25)13-18-17-12-16(27-2)10-11-20(17)29-23-18/h5-12,19H,4,13-14H2,1-3H3. The Kier molecular flexibility index (Phi) is 6.49. The summed E-state index contributed by atoms with van der Waals surface area (Å²) in [6.45, 7) is 1.84. The van der Waals surface area contributed by atoms with Crippen LogP contribution in [-0.4, -0.2) is 42.7 Å². The molecule has 7 nitrogen and oxygen atoms in total. The number of rotatable bonds is 8. The number of fused-ring (bicyclic) bond motifs is 1. The lowest BCUT2D eigenvalue weighted by molar-refractivity contribution is -0.148. The number of methoxy groups -OCH3 is 2. The number of nitrogens with zero attached hydrogens (tertiary/aromatic N) is 2. The normalized spacial score (nSPS) is 11.8. The lowest BCUT2D eigenvalue weighted by atomic mass is 10.0. The molecule has 29 heavy (non-hydrogen) atoms. The first-order chi connectivity index (χ1) is 14.1. The predicted octanol–water partition coefficient (Wildman–Crippen LogP) is 3.53. The van der Waals surface area contributed by atoms with Gasteiger partial charge in [0.15, 0.2) is 5.58 Å². The second-order valence-corrected chi connectivity index (χ2v) is 6.60. The van der Waals surface area contributed by atoms with Gasteiger partial charge in [-0.05, 0) is 30.2 Å². The smallest absolute Gasteiger partial charge is 0.325 e. The third kappa shape index (κ3) is 4.56. The number of amides is 1. The maximum Gasteiger partial charge on any atom is 0.325 e. The molecule has 1 unspecified atom stereocenters. The van der Waals surface area contributed by atoms with Crippen molar-refractivity contribution in [3.63, 3.8) is 0 Å². The summed E-state index contributed by atoms with van der Waals surface area (Å²) < 4.78 is 15.4. The number of esters is 1. The summed E-state index contributed by atoms with van der Waals surface area (Å²) in [6, 6.07) is 14.7. The Hall–Kier alpha value is -3.35. The summed E-state index contributed by atoms with van der Waals surface area (Å²) in [7, 11) is 2.88. The molecule has 1 atom stereocenters. The summed E-state index contributed by atoms with van der Waals surface area (Å²) in [5, 5.41) is 4.77. The van der Waals surface area contributed by atoms with Gasteiger partial charge in [0, 0.05) is 5.39 Å². The Morgan fingerprint density at radius 1 is 1.14 bits per heavy atom. The van der Waals surface area contributed by atoms with Crippen molar-refractivity contribution >= 4 is 22.8 Å². The van der Waals surface area contributed by atoms with E-state index in [1.165, 1.54) is 7.11 Å². The number of ether oxygens (including phenoxy) is 2. The second kappa shape index (κ2) is 9.23. The first-order valence-electron chi connectivity index (χ1n) is 9.40. The Morgan fingerprint density at radius 2 is 1.90 bits per heavy atom. The van der Waals surface area contributed by atoms with Crippen LogP contribution >= 0.6 is 0 Å². The van der Waals surface area contributed by atoms with Crippen LogP contribution in [0.1, 0.15) is 30.6 Å². The van der Waals surface area contributed by atoms with Gasteiger partial charge in [0.05, 0.1) is 26.7 Å². The van der Waals surface area contributed by atoms with E-state index >= 15 is 0 Å². The van der Waals surface area contributed by atoms with Crippen LogP contribution < -0.4 is 4.74 Å². The minimum absolute atomic E-state index is 0.000492. The molecule has 0 spiro atoms. The van der Waals surface area contributed by atoms with Crippen LogP contribution in [0.2, 0.25) is 0 Å². The zero-order valence-electron chi connectivity index (χ0n) is 16.8. The Balaban J connectivity index is 1.91. The fraction of sp³-hybridized carbons (Fsp3) is 0.318. The first kappa shape index (κ1) is 20.4. The molecule has 3 rings (SSSR count). The topological polar surface area (TPSA) is 81.9 Å². The molecule has 0 aliphatic rings.